The molecule has 0 atom stereocenters. The molecule has 0 saturated heterocycles. The number of aromatic amines is 1. The number of pyridine rings is 1. The highest BCUT2D eigenvalue weighted by molar-refractivity contribution is 5.92. The molecule has 0 spiro atoms. The summed E-state index contributed by atoms with van der Waals surface area (Å²) in [5, 5.41) is 0.995. The predicted molar refractivity (Wildman–Crippen MR) is 79.7 cm³/mol. The SMILES string of the molecule is CCc1cc(=O)[nH]c(-c2cc(C)nc3ccccc23)n1. The summed E-state index contributed by atoms with van der Waals surface area (Å²) < 4.78 is 0. The third-order valence-corrected chi connectivity index (χ3v) is 3.26. The molecule has 1 N–H and O–H groups in total. The van der Waals surface area contributed by atoms with Crippen LogP contribution in [0.3, 0.4) is 0 Å². The van der Waals surface area contributed by atoms with Gasteiger partial charge in [0.15, 0.2) is 0 Å². The topological polar surface area (TPSA) is 58.6 Å². The molecule has 0 bridgehead atoms. The fraction of sp³-hybridized carbons (Fsp3) is 0.188. The first-order valence-electron chi connectivity index (χ1n) is 6.64. The van der Waals surface area contributed by atoms with E-state index < -0.39 is 0 Å². The maximum atomic E-state index is 11.8. The molecular formula is C16H15N3O. The second-order valence-corrected chi connectivity index (χ2v) is 4.77. The van der Waals surface area contributed by atoms with Crippen LogP contribution in [0.4, 0.5) is 0 Å². The van der Waals surface area contributed by atoms with E-state index in [0.717, 1.165) is 34.3 Å². The van der Waals surface area contributed by atoms with Crippen LogP contribution < -0.4 is 5.56 Å². The third kappa shape index (κ3) is 2.20. The van der Waals surface area contributed by atoms with E-state index in [0.29, 0.717) is 5.82 Å². The van der Waals surface area contributed by atoms with E-state index in [4.69, 9.17) is 0 Å². The molecule has 0 unspecified atom stereocenters. The standard InChI is InChI=1S/C16H15N3O/c1-3-11-9-15(20)19-16(18-11)13-8-10(2)17-14-7-5-4-6-12(13)14/h4-9H,3H2,1-2H3,(H,18,19,20). The van der Waals surface area contributed by atoms with Crippen molar-refractivity contribution in [3.8, 4) is 11.4 Å². The minimum absolute atomic E-state index is 0.120. The molecule has 20 heavy (non-hydrogen) atoms. The monoisotopic (exact) mass is 265 g/mol. The lowest BCUT2D eigenvalue weighted by molar-refractivity contribution is 0.987. The van der Waals surface area contributed by atoms with Crippen LogP contribution in [0.1, 0.15) is 18.3 Å². The van der Waals surface area contributed by atoms with Gasteiger partial charge < -0.3 is 4.98 Å². The molecule has 2 heterocycles. The van der Waals surface area contributed by atoms with Crippen molar-refractivity contribution in [2.75, 3.05) is 0 Å². The number of nitrogens with one attached hydrogen (secondary N) is 1. The smallest absolute Gasteiger partial charge is 0.251 e. The van der Waals surface area contributed by atoms with E-state index in [1.807, 2.05) is 44.2 Å². The largest absolute Gasteiger partial charge is 0.306 e. The third-order valence-electron chi connectivity index (χ3n) is 3.26. The number of aromatic nitrogens is 3. The molecule has 0 aliphatic heterocycles. The Labute approximate surface area is 116 Å². The Kier molecular flexibility index (Phi) is 3.06. The molecule has 0 radical (unpaired) electrons. The summed E-state index contributed by atoms with van der Waals surface area (Å²) in [4.78, 5) is 23.6. The summed E-state index contributed by atoms with van der Waals surface area (Å²) in [6.45, 7) is 3.93. The zero-order chi connectivity index (χ0) is 14.1. The maximum absolute atomic E-state index is 11.8. The number of hydrogen-bond donors (Lipinski definition) is 1. The van der Waals surface area contributed by atoms with E-state index >= 15 is 0 Å². The Bertz CT molecular complexity index is 836. The average molecular weight is 265 g/mol. The summed E-state index contributed by atoms with van der Waals surface area (Å²) >= 11 is 0. The molecule has 2 aromatic heterocycles. The summed E-state index contributed by atoms with van der Waals surface area (Å²) in [5.41, 5.74) is 3.41. The summed E-state index contributed by atoms with van der Waals surface area (Å²) in [5.74, 6) is 0.607. The first-order chi connectivity index (χ1) is 9.67. The van der Waals surface area contributed by atoms with Gasteiger partial charge in [0.05, 0.1) is 5.52 Å². The summed E-state index contributed by atoms with van der Waals surface area (Å²) in [6, 6.07) is 11.4. The molecule has 3 rings (SSSR count). The van der Waals surface area contributed by atoms with Crippen molar-refractivity contribution >= 4 is 10.9 Å². The van der Waals surface area contributed by atoms with Crippen LogP contribution in [-0.2, 0) is 6.42 Å². The van der Waals surface area contributed by atoms with Crippen molar-refractivity contribution in [1.82, 2.24) is 15.0 Å². The molecule has 1 aromatic carbocycles. The minimum Gasteiger partial charge on any atom is -0.306 e. The van der Waals surface area contributed by atoms with Gasteiger partial charge in [-0.05, 0) is 25.5 Å². The van der Waals surface area contributed by atoms with Crippen molar-refractivity contribution in [2.45, 2.75) is 20.3 Å². The van der Waals surface area contributed by atoms with E-state index in [9.17, 15) is 4.79 Å². The van der Waals surface area contributed by atoms with Gasteiger partial charge in [0.1, 0.15) is 5.82 Å². The fourth-order valence-corrected chi connectivity index (χ4v) is 2.32. The Morgan fingerprint density at radius 1 is 1.15 bits per heavy atom. The Morgan fingerprint density at radius 2 is 1.95 bits per heavy atom. The second-order valence-electron chi connectivity index (χ2n) is 4.77. The van der Waals surface area contributed by atoms with Gasteiger partial charge in [0.25, 0.3) is 5.56 Å². The van der Waals surface area contributed by atoms with Crippen molar-refractivity contribution in [3.05, 3.63) is 58.1 Å². The van der Waals surface area contributed by atoms with Crippen LogP contribution in [0.15, 0.2) is 41.2 Å². The number of hydrogen-bond acceptors (Lipinski definition) is 3. The number of aryl methyl sites for hydroxylation is 2. The molecule has 3 aromatic rings. The number of nitrogens with zero attached hydrogens (tertiary/aromatic N) is 2. The van der Waals surface area contributed by atoms with Gasteiger partial charge in [-0.2, -0.15) is 0 Å². The van der Waals surface area contributed by atoms with Gasteiger partial charge in [-0.1, -0.05) is 25.1 Å². The Hall–Kier alpha value is -2.49. The maximum Gasteiger partial charge on any atom is 0.251 e. The zero-order valence-corrected chi connectivity index (χ0v) is 11.5. The number of fused-ring (bicyclic) bond motifs is 1. The van der Waals surface area contributed by atoms with Crippen LogP contribution in [0.5, 0.6) is 0 Å². The predicted octanol–water partition coefficient (Wildman–Crippen LogP) is 2.86. The zero-order valence-electron chi connectivity index (χ0n) is 11.5. The van der Waals surface area contributed by atoms with Crippen LogP contribution >= 0.6 is 0 Å². The highest BCUT2D eigenvalue weighted by Gasteiger charge is 2.09. The second kappa shape index (κ2) is 4.89. The molecular weight excluding hydrogens is 250 g/mol. The highest BCUT2D eigenvalue weighted by atomic mass is 16.1. The lowest BCUT2D eigenvalue weighted by atomic mass is 10.1. The number of para-hydroxylation sites is 1. The lowest BCUT2D eigenvalue weighted by Crippen LogP contribution is -2.10. The van der Waals surface area contributed by atoms with E-state index in [2.05, 4.69) is 15.0 Å². The van der Waals surface area contributed by atoms with Gasteiger partial charge >= 0.3 is 0 Å². The van der Waals surface area contributed by atoms with Crippen molar-refractivity contribution < 1.29 is 0 Å². The van der Waals surface area contributed by atoms with Crippen molar-refractivity contribution in [3.63, 3.8) is 0 Å². The fourth-order valence-electron chi connectivity index (χ4n) is 2.32. The molecule has 0 amide bonds. The molecule has 4 heteroatoms. The van der Waals surface area contributed by atoms with Crippen LogP contribution in [0.25, 0.3) is 22.3 Å². The van der Waals surface area contributed by atoms with Gasteiger partial charge in [0, 0.05) is 28.4 Å². The van der Waals surface area contributed by atoms with Gasteiger partial charge in [-0.15, -0.1) is 0 Å². The molecule has 0 fully saturated rings. The van der Waals surface area contributed by atoms with Crippen molar-refractivity contribution in [2.24, 2.45) is 0 Å². The molecule has 0 aliphatic rings. The van der Waals surface area contributed by atoms with Gasteiger partial charge in [0.2, 0.25) is 0 Å². The van der Waals surface area contributed by atoms with E-state index in [1.165, 1.54) is 0 Å². The van der Waals surface area contributed by atoms with E-state index in [1.54, 1.807) is 6.07 Å². The lowest BCUT2D eigenvalue weighted by Gasteiger charge is -2.08. The van der Waals surface area contributed by atoms with Gasteiger partial charge in [-0.25, -0.2) is 4.98 Å². The minimum atomic E-state index is -0.120. The summed E-state index contributed by atoms with van der Waals surface area (Å²) in [6.07, 6.45) is 0.735. The van der Waals surface area contributed by atoms with Crippen LogP contribution in [-0.4, -0.2) is 15.0 Å². The normalized spacial score (nSPS) is 10.9. The molecule has 100 valence electrons. The Morgan fingerprint density at radius 3 is 2.75 bits per heavy atom. The van der Waals surface area contributed by atoms with E-state index in [-0.39, 0.29) is 5.56 Å². The molecule has 0 saturated carbocycles. The van der Waals surface area contributed by atoms with Crippen LogP contribution in [0.2, 0.25) is 0 Å². The quantitative estimate of drug-likeness (QED) is 0.775. The number of benzene rings is 1. The first-order valence-corrected chi connectivity index (χ1v) is 6.64. The molecule has 0 aliphatic carbocycles. The van der Waals surface area contributed by atoms with Crippen molar-refractivity contribution in [1.29, 1.82) is 0 Å². The first kappa shape index (κ1) is 12.5. The Balaban J connectivity index is 2.34. The number of H-pyrrole nitrogens is 1. The highest BCUT2D eigenvalue weighted by Crippen LogP contribution is 2.25. The number of rotatable bonds is 2. The molecule has 4 nitrogen and oxygen atoms in total. The van der Waals surface area contributed by atoms with Gasteiger partial charge in [-0.3, -0.25) is 9.78 Å². The average Bonchev–Trinajstić information content (AvgIpc) is 2.45. The van der Waals surface area contributed by atoms with Crippen LogP contribution in [0, 0.1) is 6.92 Å². The summed E-state index contributed by atoms with van der Waals surface area (Å²) in [7, 11) is 0.